The quantitative estimate of drug-likeness (QED) is 0.766. The molecule has 2 aromatic rings. The zero-order valence-electron chi connectivity index (χ0n) is 15.3. The first-order valence-electron chi connectivity index (χ1n) is 9.54. The van der Waals surface area contributed by atoms with Gasteiger partial charge in [0.15, 0.2) is 0 Å². The second kappa shape index (κ2) is 7.58. The van der Waals surface area contributed by atoms with Crippen LogP contribution in [-0.2, 0) is 29.0 Å². The minimum Gasteiger partial charge on any atom is -0.381 e. The van der Waals surface area contributed by atoms with Crippen molar-refractivity contribution >= 4 is 5.91 Å². The molecule has 3 heterocycles. The lowest BCUT2D eigenvalue weighted by Crippen LogP contribution is -2.41. The van der Waals surface area contributed by atoms with E-state index in [-0.39, 0.29) is 11.8 Å². The molecule has 0 radical (unpaired) electrons. The molecule has 0 bridgehead atoms. The summed E-state index contributed by atoms with van der Waals surface area (Å²) in [6.45, 7) is 5.65. The van der Waals surface area contributed by atoms with Gasteiger partial charge in [0, 0.05) is 43.2 Å². The molecule has 26 heavy (non-hydrogen) atoms. The maximum Gasteiger partial charge on any atom is 0.228 e. The summed E-state index contributed by atoms with van der Waals surface area (Å²) in [6, 6.07) is 5.68. The number of amides is 1. The highest BCUT2D eigenvalue weighted by atomic mass is 16.5. The lowest BCUT2D eigenvalue weighted by molar-refractivity contribution is -0.132. The lowest BCUT2D eigenvalue weighted by Gasteiger charge is -2.33. The van der Waals surface area contributed by atoms with Gasteiger partial charge in [-0.2, -0.15) is 0 Å². The Morgan fingerprint density at radius 2 is 2.19 bits per heavy atom. The third-order valence-electron chi connectivity index (χ3n) is 5.21. The Kier molecular flexibility index (Phi) is 5.02. The molecule has 1 aliphatic heterocycles. The van der Waals surface area contributed by atoms with Crippen LogP contribution < -0.4 is 0 Å². The van der Waals surface area contributed by atoms with Crippen LogP contribution in [0.1, 0.15) is 42.8 Å². The van der Waals surface area contributed by atoms with Crippen molar-refractivity contribution in [2.45, 2.75) is 45.2 Å². The molecule has 2 aliphatic rings. The van der Waals surface area contributed by atoms with Crippen LogP contribution in [0.25, 0.3) is 0 Å². The van der Waals surface area contributed by atoms with Crippen molar-refractivity contribution in [1.82, 2.24) is 19.4 Å². The summed E-state index contributed by atoms with van der Waals surface area (Å²) in [5, 5.41) is 0. The average Bonchev–Trinajstić information content (AvgIpc) is 3.39. The van der Waals surface area contributed by atoms with Crippen LogP contribution in [-0.4, -0.2) is 45.1 Å². The molecule has 0 saturated heterocycles. The van der Waals surface area contributed by atoms with E-state index in [0.717, 1.165) is 23.9 Å². The van der Waals surface area contributed by atoms with E-state index in [1.165, 1.54) is 18.5 Å². The molecule has 1 unspecified atom stereocenters. The summed E-state index contributed by atoms with van der Waals surface area (Å²) in [5.74, 6) is 1.09. The Morgan fingerprint density at radius 3 is 2.92 bits per heavy atom. The minimum atomic E-state index is 0.104. The van der Waals surface area contributed by atoms with E-state index in [1.807, 2.05) is 36.4 Å². The largest absolute Gasteiger partial charge is 0.381 e. The van der Waals surface area contributed by atoms with Crippen molar-refractivity contribution in [3.8, 4) is 0 Å². The third kappa shape index (κ3) is 3.80. The topological polar surface area (TPSA) is 60.2 Å². The van der Waals surface area contributed by atoms with E-state index in [0.29, 0.717) is 32.7 Å². The molecule has 1 amide bonds. The molecule has 4 rings (SSSR count). The summed E-state index contributed by atoms with van der Waals surface area (Å²) in [7, 11) is 0. The van der Waals surface area contributed by atoms with Gasteiger partial charge in [0.1, 0.15) is 0 Å². The molecule has 2 aromatic heterocycles. The van der Waals surface area contributed by atoms with Crippen LogP contribution >= 0.6 is 0 Å². The summed E-state index contributed by atoms with van der Waals surface area (Å²) >= 11 is 0. The van der Waals surface area contributed by atoms with Crippen molar-refractivity contribution in [1.29, 1.82) is 0 Å². The van der Waals surface area contributed by atoms with Gasteiger partial charge < -0.3 is 14.2 Å². The van der Waals surface area contributed by atoms with Crippen molar-refractivity contribution in [3.05, 3.63) is 47.8 Å². The Labute approximate surface area is 154 Å². The second-order valence-corrected chi connectivity index (χ2v) is 7.30. The zero-order chi connectivity index (χ0) is 17.9. The van der Waals surface area contributed by atoms with Gasteiger partial charge in [0.05, 0.1) is 31.6 Å². The molecule has 0 aromatic carbocycles. The average molecular weight is 354 g/mol. The monoisotopic (exact) mass is 354 g/mol. The number of rotatable bonds is 7. The van der Waals surface area contributed by atoms with Crippen LogP contribution in [0.2, 0.25) is 0 Å². The van der Waals surface area contributed by atoms with Gasteiger partial charge >= 0.3 is 0 Å². The van der Waals surface area contributed by atoms with Crippen molar-refractivity contribution in [2.75, 3.05) is 19.8 Å². The van der Waals surface area contributed by atoms with Crippen LogP contribution in [0.15, 0.2) is 30.7 Å². The number of carbonyl (C=O) groups excluding carboxylic acids is 1. The molecule has 1 aliphatic carbocycles. The number of pyridine rings is 1. The van der Waals surface area contributed by atoms with Gasteiger partial charge in [-0.1, -0.05) is 6.07 Å². The molecule has 0 N–H and O–H groups in total. The molecule has 6 heteroatoms. The summed E-state index contributed by atoms with van der Waals surface area (Å²) in [6.07, 6.45) is 6.65. The highest BCUT2D eigenvalue weighted by Gasteiger charge is 2.33. The normalized spacial score (nSPS) is 19.4. The predicted molar refractivity (Wildman–Crippen MR) is 97.5 cm³/mol. The molecular formula is C20H26N4O2. The number of aromatic nitrogens is 3. The van der Waals surface area contributed by atoms with Gasteiger partial charge in [-0.25, -0.2) is 4.98 Å². The molecular weight excluding hydrogens is 328 g/mol. The first-order valence-corrected chi connectivity index (χ1v) is 9.54. The molecule has 6 nitrogen and oxygen atoms in total. The van der Waals surface area contributed by atoms with E-state index >= 15 is 0 Å². The van der Waals surface area contributed by atoms with Crippen LogP contribution in [0.5, 0.6) is 0 Å². The Bertz CT molecular complexity index is 754. The fourth-order valence-corrected chi connectivity index (χ4v) is 3.70. The summed E-state index contributed by atoms with van der Waals surface area (Å²) in [4.78, 5) is 23.6. The lowest BCUT2D eigenvalue weighted by atomic mass is 9.98. The van der Waals surface area contributed by atoms with Crippen molar-refractivity contribution in [2.24, 2.45) is 5.92 Å². The third-order valence-corrected chi connectivity index (χ3v) is 5.21. The number of imidazole rings is 1. The maximum absolute atomic E-state index is 12.8. The number of carbonyl (C=O) groups is 1. The smallest absolute Gasteiger partial charge is 0.228 e. The van der Waals surface area contributed by atoms with Crippen LogP contribution in [0.3, 0.4) is 0 Å². The molecule has 1 atom stereocenters. The fraction of sp³-hybridized carbons (Fsp3) is 0.550. The first-order chi connectivity index (χ1) is 12.7. The van der Waals surface area contributed by atoms with E-state index in [4.69, 9.17) is 4.74 Å². The number of fused-ring (bicyclic) bond motifs is 1. The Hall–Kier alpha value is -2.21. The molecule has 1 saturated carbocycles. The number of ether oxygens (including phenoxy) is 1. The van der Waals surface area contributed by atoms with Crippen LogP contribution in [0.4, 0.5) is 0 Å². The van der Waals surface area contributed by atoms with Gasteiger partial charge in [-0.3, -0.25) is 9.78 Å². The predicted octanol–water partition coefficient (Wildman–Crippen LogP) is 2.39. The summed E-state index contributed by atoms with van der Waals surface area (Å²) in [5.41, 5.74) is 3.10. The van der Waals surface area contributed by atoms with E-state index < -0.39 is 0 Å². The summed E-state index contributed by atoms with van der Waals surface area (Å²) < 4.78 is 8.03. The van der Waals surface area contributed by atoms with E-state index in [9.17, 15) is 4.79 Å². The van der Waals surface area contributed by atoms with Crippen LogP contribution in [0, 0.1) is 5.92 Å². The SMILES string of the molecule is CCOCC1CN(C(=O)Cc2ccccn2)Cc2ncn(CC3CC3)c21. The minimum absolute atomic E-state index is 0.104. The Morgan fingerprint density at radius 1 is 1.31 bits per heavy atom. The van der Waals surface area contributed by atoms with Gasteiger partial charge in [0.2, 0.25) is 5.91 Å². The first kappa shape index (κ1) is 17.2. The van der Waals surface area contributed by atoms with Crippen molar-refractivity contribution in [3.63, 3.8) is 0 Å². The molecule has 0 spiro atoms. The van der Waals surface area contributed by atoms with Gasteiger partial charge in [0.25, 0.3) is 0 Å². The maximum atomic E-state index is 12.8. The second-order valence-electron chi connectivity index (χ2n) is 7.30. The number of hydrogen-bond acceptors (Lipinski definition) is 4. The zero-order valence-corrected chi connectivity index (χ0v) is 15.3. The standard InChI is InChI=1S/C20H26N4O2/c1-2-26-13-16-11-23(19(25)9-17-5-3-4-8-21-17)12-18-20(16)24(14-22-18)10-15-6-7-15/h3-5,8,14-16H,2,6-7,9-13H2,1H3. The number of hydrogen-bond donors (Lipinski definition) is 0. The van der Waals surface area contributed by atoms with Gasteiger partial charge in [-0.05, 0) is 37.8 Å². The Balaban J connectivity index is 1.52. The van der Waals surface area contributed by atoms with Crippen molar-refractivity contribution < 1.29 is 9.53 Å². The van der Waals surface area contributed by atoms with Gasteiger partial charge in [-0.15, -0.1) is 0 Å². The van der Waals surface area contributed by atoms with E-state index in [1.54, 1.807) is 6.20 Å². The fourth-order valence-electron chi connectivity index (χ4n) is 3.70. The number of nitrogens with zero attached hydrogens (tertiary/aromatic N) is 4. The molecule has 1 fully saturated rings. The van der Waals surface area contributed by atoms with E-state index in [2.05, 4.69) is 14.5 Å². The highest BCUT2D eigenvalue weighted by Crippen LogP contribution is 2.34. The molecule has 138 valence electrons. The highest BCUT2D eigenvalue weighted by molar-refractivity contribution is 5.78.